The van der Waals surface area contributed by atoms with Crippen molar-refractivity contribution in [1.82, 2.24) is 20.5 Å². The van der Waals surface area contributed by atoms with Crippen LogP contribution in [0.1, 0.15) is 24.5 Å². The van der Waals surface area contributed by atoms with Crippen molar-refractivity contribution in [1.29, 1.82) is 0 Å². The molecule has 1 aromatic carbocycles. The topological polar surface area (TPSA) is 61.8 Å². The molecule has 2 aromatic rings. The molecule has 0 radical (unpaired) electrons. The van der Waals surface area contributed by atoms with Gasteiger partial charge in [0.05, 0.1) is 13.1 Å². The van der Waals surface area contributed by atoms with Gasteiger partial charge < -0.3 is 15.4 Å². The third-order valence-electron chi connectivity index (χ3n) is 4.81. The van der Waals surface area contributed by atoms with Crippen molar-refractivity contribution >= 4 is 29.9 Å². The normalized spacial score (nSPS) is 17.0. The molecule has 0 spiro atoms. The number of benzene rings is 1. The lowest BCUT2D eigenvalue weighted by atomic mass is 10.2. The minimum absolute atomic E-state index is 0. The van der Waals surface area contributed by atoms with Crippen LogP contribution in [0.3, 0.4) is 0 Å². The van der Waals surface area contributed by atoms with Crippen molar-refractivity contribution in [2.24, 2.45) is 4.99 Å². The Bertz CT molecular complexity index is 851. The van der Waals surface area contributed by atoms with Gasteiger partial charge in [0.15, 0.2) is 5.96 Å². The number of likely N-dealkylation sites (tertiary alicyclic amines) is 1. The van der Waals surface area contributed by atoms with Crippen LogP contribution in [0.5, 0.6) is 5.88 Å². The van der Waals surface area contributed by atoms with Crippen molar-refractivity contribution in [2.45, 2.75) is 38.7 Å². The van der Waals surface area contributed by atoms with Crippen LogP contribution >= 0.6 is 24.0 Å². The highest BCUT2D eigenvalue weighted by Gasteiger charge is 2.34. The summed E-state index contributed by atoms with van der Waals surface area (Å²) in [5.41, 5.74) is 1.99. The Balaban J connectivity index is 0.00000363. The minimum Gasteiger partial charge on any atom is -0.473 e. The SMILES string of the molecule is CCNC(=NCc1ccnc(OCc2ccccc2)c1)NC1CCN(CC(F)(F)F)C1.I. The van der Waals surface area contributed by atoms with Gasteiger partial charge in [-0.15, -0.1) is 24.0 Å². The van der Waals surface area contributed by atoms with Crippen molar-refractivity contribution in [3.63, 3.8) is 0 Å². The zero-order valence-electron chi connectivity index (χ0n) is 17.9. The standard InChI is InChI=1S/C22H28F3N5O.HI/c1-2-26-21(29-19-9-11-30(14-19)16-22(23,24)25)28-13-18-8-10-27-20(12-18)31-15-17-6-4-3-5-7-17;/h3-8,10,12,19H,2,9,11,13-16H2,1H3,(H2,26,28,29);1H. The molecule has 2 heterocycles. The first-order chi connectivity index (χ1) is 14.9. The third kappa shape index (κ3) is 9.19. The fraction of sp³-hybridized carbons (Fsp3) is 0.455. The summed E-state index contributed by atoms with van der Waals surface area (Å²) in [4.78, 5) is 10.2. The summed E-state index contributed by atoms with van der Waals surface area (Å²) >= 11 is 0. The maximum absolute atomic E-state index is 12.6. The smallest absolute Gasteiger partial charge is 0.401 e. The lowest BCUT2D eigenvalue weighted by molar-refractivity contribution is -0.143. The summed E-state index contributed by atoms with van der Waals surface area (Å²) in [6.07, 6.45) is -1.85. The van der Waals surface area contributed by atoms with Gasteiger partial charge in [-0.1, -0.05) is 30.3 Å². The molecule has 1 fully saturated rings. The van der Waals surface area contributed by atoms with Gasteiger partial charge in [-0.2, -0.15) is 13.2 Å². The quantitative estimate of drug-likeness (QED) is 0.289. The second-order valence-corrected chi connectivity index (χ2v) is 7.45. The molecule has 1 aliphatic heterocycles. The van der Waals surface area contributed by atoms with Crippen LogP contribution in [-0.2, 0) is 13.2 Å². The zero-order valence-corrected chi connectivity index (χ0v) is 20.3. The van der Waals surface area contributed by atoms with Crippen LogP contribution < -0.4 is 15.4 Å². The summed E-state index contributed by atoms with van der Waals surface area (Å²) < 4.78 is 43.5. The molecule has 32 heavy (non-hydrogen) atoms. The molecule has 0 saturated carbocycles. The van der Waals surface area contributed by atoms with Gasteiger partial charge in [0.1, 0.15) is 6.61 Å². The van der Waals surface area contributed by atoms with Gasteiger partial charge in [0.25, 0.3) is 0 Å². The number of hydrogen-bond donors (Lipinski definition) is 2. The van der Waals surface area contributed by atoms with E-state index in [2.05, 4.69) is 20.6 Å². The first-order valence-corrected chi connectivity index (χ1v) is 10.4. The van der Waals surface area contributed by atoms with Crippen LogP contribution in [-0.4, -0.2) is 54.2 Å². The number of rotatable bonds is 8. The second kappa shape index (κ2) is 12.8. The molecule has 6 nitrogen and oxygen atoms in total. The molecule has 0 bridgehead atoms. The molecule has 1 atom stereocenters. The predicted octanol–water partition coefficient (Wildman–Crippen LogP) is 3.97. The number of guanidine groups is 1. The van der Waals surface area contributed by atoms with Crippen molar-refractivity contribution in [2.75, 3.05) is 26.2 Å². The van der Waals surface area contributed by atoms with Gasteiger partial charge in [0.2, 0.25) is 5.88 Å². The predicted molar refractivity (Wildman–Crippen MR) is 129 cm³/mol. The Labute approximate surface area is 203 Å². The first-order valence-electron chi connectivity index (χ1n) is 10.4. The Hall–Kier alpha value is -2.08. The third-order valence-corrected chi connectivity index (χ3v) is 4.81. The number of ether oxygens (including phenoxy) is 1. The first kappa shape index (κ1) is 26.2. The summed E-state index contributed by atoms with van der Waals surface area (Å²) in [6.45, 7) is 3.33. The average Bonchev–Trinajstić information content (AvgIpc) is 3.17. The van der Waals surface area contributed by atoms with E-state index in [1.165, 1.54) is 4.90 Å². The van der Waals surface area contributed by atoms with Crippen molar-refractivity contribution in [3.05, 3.63) is 59.8 Å². The van der Waals surface area contributed by atoms with E-state index in [1.807, 2.05) is 49.4 Å². The number of hydrogen-bond acceptors (Lipinski definition) is 4. The molecular formula is C22H29F3IN5O. The van der Waals surface area contributed by atoms with Crippen LogP contribution in [0.2, 0.25) is 0 Å². The molecule has 0 aliphatic carbocycles. The van der Waals surface area contributed by atoms with E-state index in [1.54, 1.807) is 6.20 Å². The maximum atomic E-state index is 12.6. The summed E-state index contributed by atoms with van der Waals surface area (Å²) in [7, 11) is 0. The van der Waals surface area contributed by atoms with Gasteiger partial charge in [-0.3, -0.25) is 4.90 Å². The maximum Gasteiger partial charge on any atom is 0.401 e. The van der Waals surface area contributed by atoms with Gasteiger partial charge in [-0.25, -0.2) is 9.98 Å². The van der Waals surface area contributed by atoms with Gasteiger partial charge in [0, 0.05) is 37.9 Å². The van der Waals surface area contributed by atoms with Crippen molar-refractivity contribution < 1.29 is 17.9 Å². The van der Waals surface area contributed by atoms with Gasteiger partial charge in [-0.05, 0) is 30.5 Å². The Morgan fingerprint density at radius 1 is 1.22 bits per heavy atom. The number of alkyl halides is 3. The number of halogens is 4. The number of nitrogens with one attached hydrogen (secondary N) is 2. The second-order valence-electron chi connectivity index (χ2n) is 7.45. The van der Waals surface area contributed by atoms with E-state index in [-0.39, 0.29) is 30.0 Å². The minimum atomic E-state index is -4.17. The largest absolute Gasteiger partial charge is 0.473 e. The molecule has 176 valence electrons. The highest BCUT2D eigenvalue weighted by atomic mass is 127. The van der Waals surface area contributed by atoms with E-state index in [4.69, 9.17) is 4.74 Å². The lowest BCUT2D eigenvalue weighted by Crippen LogP contribution is -2.45. The van der Waals surface area contributed by atoms with Crippen molar-refractivity contribution in [3.8, 4) is 5.88 Å². The molecule has 0 amide bonds. The molecule has 3 rings (SSSR count). The molecule has 1 aliphatic rings. The number of aliphatic imine (C=N–C) groups is 1. The lowest BCUT2D eigenvalue weighted by Gasteiger charge is -2.19. The Morgan fingerprint density at radius 3 is 2.72 bits per heavy atom. The fourth-order valence-electron chi connectivity index (χ4n) is 3.39. The van der Waals surface area contributed by atoms with Crippen LogP contribution in [0.25, 0.3) is 0 Å². The van der Waals surface area contributed by atoms with E-state index in [0.717, 1.165) is 11.1 Å². The zero-order chi connectivity index (χ0) is 22.1. The molecule has 2 N–H and O–H groups in total. The van der Waals surface area contributed by atoms with E-state index in [0.29, 0.717) is 51.0 Å². The highest BCUT2D eigenvalue weighted by molar-refractivity contribution is 14.0. The van der Waals surface area contributed by atoms with E-state index in [9.17, 15) is 13.2 Å². The molecule has 1 unspecified atom stereocenters. The average molecular weight is 563 g/mol. The molecule has 1 saturated heterocycles. The highest BCUT2D eigenvalue weighted by Crippen LogP contribution is 2.20. The van der Waals surface area contributed by atoms with E-state index >= 15 is 0 Å². The summed E-state index contributed by atoms with van der Waals surface area (Å²) in [6, 6.07) is 13.5. The molecule has 10 heteroatoms. The number of aromatic nitrogens is 1. The number of pyridine rings is 1. The summed E-state index contributed by atoms with van der Waals surface area (Å²) in [5.74, 6) is 1.11. The van der Waals surface area contributed by atoms with E-state index < -0.39 is 12.7 Å². The van der Waals surface area contributed by atoms with Gasteiger partial charge >= 0.3 is 6.18 Å². The fourth-order valence-corrected chi connectivity index (χ4v) is 3.39. The monoisotopic (exact) mass is 563 g/mol. The summed E-state index contributed by atoms with van der Waals surface area (Å²) in [5, 5.41) is 6.40. The van der Waals surface area contributed by atoms with Crippen LogP contribution in [0.15, 0.2) is 53.7 Å². The Kier molecular flexibility index (Phi) is 10.5. The van der Waals surface area contributed by atoms with Crippen LogP contribution in [0.4, 0.5) is 13.2 Å². The molecular weight excluding hydrogens is 534 g/mol. The molecule has 1 aromatic heterocycles. The number of nitrogens with zero attached hydrogens (tertiary/aromatic N) is 3. The Morgan fingerprint density at radius 2 is 2.00 bits per heavy atom. The van der Waals surface area contributed by atoms with Crippen LogP contribution in [0, 0.1) is 0 Å².